The van der Waals surface area contributed by atoms with Crippen molar-refractivity contribution in [3.63, 3.8) is 0 Å². The number of allylic oxidation sites excluding steroid dienone is 2. The Balaban J connectivity index is 1.63. The van der Waals surface area contributed by atoms with E-state index in [2.05, 4.69) is 19.1 Å². The monoisotopic (exact) mass is 272 g/mol. The van der Waals surface area contributed by atoms with Crippen molar-refractivity contribution in [1.29, 1.82) is 0 Å². The molecule has 3 fully saturated rings. The first kappa shape index (κ1) is 13.4. The predicted octanol–water partition coefficient (Wildman–Crippen LogP) is 6.12. The van der Waals surface area contributed by atoms with E-state index in [1.807, 2.05) is 0 Å². The summed E-state index contributed by atoms with van der Waals surface area (Å²) in [7, 11) is 0. The zero-order valence-electron chi connectivity index (χ0n) is 13.4. The minimum Gasteiger partial charge on any atom is -0.0877 e. The molecule has 0 heterocycles. The highest BCUT2D eigenvalue weighted by atomic mass is 14.6. The van der Waals surface area contributed by atoms with Crippen molar-refractivity contribution in [1.82, 2.24) is 0 Å². The van der Waals surface area contributed by atoms with Gasteiger partial charge in [-0.2, -0.15) is 0 Å². The second-order valence-electron chi connectivity index (χ2n) is 8.89. The van der Waals surface area contributed by atoms with Gasteiger partial charge in [0.1, 0.15) is 0 Å². The van der Waals surface area contributed by atoms with Crippen LogP contribution in [0.3, 0.4) is 0 Å². The highest BCUT2D eigenvalue weighted by Crippen LogP contribution is 2.62. The fraction of sp³-hybridized carbons (Fsp3) is 0.900. The predicted molar refractivity (Wildman–Crippen MR) is 85.6 cm³/mol. The van der Waals surface area contributed by atoms with E-state index in [1.165, 1.54) is 38.5 Å². The van der Waals surface area contributed by atoms with Crippen molar-refractivity contribution in [3.05, 3.63) is 12.2 Å². The number of hydrogen-bond donors (Lipinski definition) is 0. The van der Waals surface area contributed by atoms with Crippen molar-refractivity contribution >= 4 is 0 Å². The van der Waals surface area contributed by atoms with Gasteiger partial charge in [-0.25, -0.2) is 0 Å². The Morgan fingerprint density at radius 2 is 1.75 bits per heavy atom. The molecule has 0 amide bonds. The van der Waals surface area contributed by atoms with Gasteiger partial charge in [0.2, 0.25) is 0 Å². The first-order valence-corrected chi connectivity index (χ1v) is 9.39. The first-order chi connectivity index (χ1) is 9.72. The third-order valence-electron chi connectivity index (χ3n) is 7.60. The molecule has 0 aromatic carbocycles. The average Bonchev–Trinajstić information content (AvgIpc) is 2.88. The molecule has 0 nitrogen and oxygen atoms in total. The summed E-state index contributed by atoms with van der Waals surface area (Å²) in [5.74, 6) is 3.05. The molecule has 0 bridgehead atoms. The average molecular weight is 272 g/mol. The molecule has 0 heteroatoms. The third-order valence-corrected chi connectivity index (χ3v) is 7.60. The van der Waals surface area contributed by atoms with Crippen molar-refractivity contribution in [2.45, 2.75) is 84.0 Å². The van der Waals surface area contributed by atoms with Gasteiger partial charge < -0.3 is 0 Å². The summed E-state index contributed by atoms with van der Waals surface area (Å²) < 4.78 is 0. The Morgan fingerprint density at radius 3 is 2.55 bits per heavy atom. The van der Waals surface area contributed by atoms with Gasteiger partial charge >= 0.3 is 0 Å². The van der Waals surface area contributed by atoms with Gasteiger partial charge in [-0.1, -0.05) is 44.8 Å². The molecule has 3 saturated carbocycles. The van der Waals surface area contributed by atoms with Crippen LogP contribution in [0.2, 0.25) is 0 Å². The van der Waals surface area contributed by atoms with Crippen molar-refractivity contribution < 1.29 is 0 Å². The van der Waals surface area contributed by atoms with Crippen molar-refractivity contribution in [3.8, 4) is 0 Å². The maximum absolute atomic E-state index is 2.71. The standard InChI is InChI=1S/C20H32/c1-16-6-4-11-20(14-16)12-5-7-17-8-13-19(15-18(17)20)9-2-3-10-19/h4,11,16-18H,2-3,5-10,12-15H2,1H3. The van der Waals surface area contributed by atoms with Gasteiger partial charge in [-0.3, -0.25) is 0 Å². The lowest BCUT2D eigenvalue weighted by molar-refractivity contribution is -0.0253. The summed E-state index contributed by atoms with van der Waals surface area (Å²) in [4.78, 5) is 0. The third kappa shape index (κ3) is 2.09. The van der Waals surface area contributed by atoms with Crippen LogP contribution in [0.5, 0.6) is 0 Å². The lowest BCUT2D eigenvalue weighted by Crippen LogP contribution is -2.45. The van der Waals surface area contributed by atoms with Crippen LogP contribution in [0.15, 0.2) is 12.2 Å². The Labute approximate surface area is 125 Å². The van der Waals surface area contributed by atoms with E-state index in [1.54, 1.807) is 38.5 Å². The fourth-order valence-corrected chi connectivity index (χ4v) is 6.70. The van der Waals surface area contributed by atoms with Gasteiger partial charge in [0.15, 0.2) is 0 Å². The molecule has 4 aliphatic rings. The van der Waals surface area contributed by atoms with Gasteiger partial charge in [0.05, 0.1) is 0 Å². The topological polar surface area (TPSA) is 0 Å². The maximum Gasteiger partial charge on any atom is -0.00845 e. The molecule has 4 aliphatic carbocycles. The van der Waals surface area contributed by atoms with Gasteiger partial charge in [-0.05, 0) is 80.0 Å². The van der Waals surface area contributed by atoms with E-state index in [0.29, 0.717) is 5.41 Å². The number of hydrogen-bond acceptors (Lipinski definition) is 0. The van der Waals surface area contributed by atoms with E-state index in [9.17, 15) is 0 Å². The smallest absolute Gasteiger partial charge is 0.00845 e. The Bertz CT molecular complexity index is 387. The first-order valence-electron chi connectivity index (χ1n) is 9.39. The summed E-state index contributed by atoms with van der Waals surface area (Å²) in [5.41, 5.74) is 1.41. The Morgan fingerprint density at radius 1 is 0.900 bits per heavy atom. The largest absolute Gasteiger partial charge is 0.0877 e. The van der Waals surface area contributed by atoms with Crippen LogP contribution in [0.25, 0.3) is 0 Å². The molecule has 4 rings (SSSR count). The SMILES string of the molecule is CC1CC=CC2(CCCC3CCC4(CCCC4)CC32)C1. The molecular weight excluding hydrogens is 240 g/mol. The zero-order chi connectivity index (χ0) is 13.6. The minimum absolute atomic E-state index is 0.622. The van der Waals surface area contributed by atoms with Gasteiger partial charge in [-0.15, -0.1) is 0 Å². The molecule has 0 aliphatic heterocycles. The van der Waals surface area contributed by atoms with Gasteiger partial charge in [0.25, 0.3) is 0 Å². The summed E-state index contributed by atoms with van der Waals surface area (Å²) in [5, 5.41) is 0. The fourth-order valence-electron chi connectivity index (χ4n) is 6.70. The van der Waals surface area contributed by atoms with Crippen LogP contribution in [0.1, 0.15) is 84.0 Å². The molecule has 20 heavy (non-hydrogen) atoms. The highest BCUT2D eigenvalue weighted by Gasteiger charge is 2.51. The van der Waals surface area contributed by atoms with E-state index in [4.69, 9.17) is 0 Å². The number of rotatable bonds is 0. The van der Waals surface area contributed by atoms with E-state index >= 15 is 0 Å². The molecule has 0 aromatic heterocycles. The van der Waals surface area contributed by atoms with E-state index < -0.39 is 0 Å². The summed E-state index contributed by atoms with van der Waals surface area (Å²) in [6.45, 7) is 2.49. The maximum atomic E-state index is 2.71. The summed E-state index contributed by atoms with van der Waals surface area (Å²) in [6, 6.07) is 0. The second-order valence-corrected chi connectivity index (χ2v) is 8.89. The van der Waals surface area contributed by atoms with Crippen molar-refractivity contribution in [2.24, 2.45) is 28.6 Å². The lowest BCUT2D eigenvalue weighted by atomic mass is 9.49. The van der Waals surface area contributed by atoms with Gasteiger partial charge in [0, 0.05) is 0 Å². The second kappa shape index (κ2) is 4.89. The highest BCUT2D eigenvalue weighted by molar-refractivity contribution is 5.13. The molecule has 0 radical (unpaired) electrons. The van der Waals surface area contributed by atoms with Crippen LogP contribution < -0.4 is 0 Å². The quantitative estimate of drug-likeness (QED) is 0.466. The molecular formula is C20H32. The Hall–Kier alpha value is -0.260. The molecule has 2 spiro atoms. The summed E-state index contributed by atoms with van der Waals surface area (Å²) in [6.07, 6.45) is 23.5. The molecule has 112 valence electrons. The summed E-state index contributed by atoms with van der Waals surface area (Å²) >= 11 is 0. The van der Waals surface area contributed by atoms with Crippen LogP contribution in [-0.4, -0.2) is 0 Å². The van der Waals surface area contributed by atoms with Crippen LogP contribution in [-0.2, 0) is 0 Å². The van der Waals surface area contributed by atoms with E-state index in [0.717, 1.165) is 23.2 Å². The molecule has 4 unspecified atom stereocenters. The molecule has 0 N–H and O–H groups in total. The van der Waals surface area contributed by atoms with Crippen molar-refractivity contribution in [2.75, 3.05) is 0 Å². The molecule has 0 aromatic rings. The van der Waals surface area contributed by atoms with Crippen LogP contribution in [0, 0.1) is 28.6 Å². The Kier molecular flexibility index (Phi) is 3.28. The minimum atomic E-state index is 0.622. The van der Waals surface area contributed by atoms with Crippen LogP contribution in [0.4, 0.5) is 0 Å². The van der Waals surface area contributed by atoms with E-state index in [-0.39, 0.29) is 0 Å². The molecule has 0 saturated heterocycles. The normalized spacial score (nSPS) is 46.8. The van der Waals surface area contributed by atoms with Crippen LogP contribution >= 0.6 is 0 Å². The lowest BCUT2D eigenvalue weighted by Gasteiger charge is -2.55. The molecule has 4 atom stereocenters. The zero-order valence-corrected chi connectivity index (χ0v) is 13.4. The number of fused-ring (bicyclic) bond motifs is 2.